The van der Waals surface area contributed by atoms with E-state index < -0.39 is 0 Å². The van der Waals surface area contributed by atoms with Gasteiger partial charge in [-0.3, -0.25) is 0 Å². The number of carbonyl (C=O) groups excluding carboxylic acids is 1. The first kappa shape index (κ1) is 26.9. The molecule has 0 saturated carbocycles. The van der Waals surface area contributed by atoms with Crippen LogP contribution in [0.3, 0.4) is 0 Å². The van der Waals surface area contributed by atoms with Crippen molar-refractivity contribution in [1.82, 2.24) is 5.32 Å². The van der Waals surface area contributed by atoms with Gasteiger partial charge < -0.3 is 10.6 Å². The number of carbonyl (C=O) groups is 1. The molecule has 0 aliphatic carbocycles. The Morgan fingerprint density at radius 3 is 1.57 bits per heavy atom. The first-order valence-electron chi connectivity index (χ1n) is 12.4. The second-order valence-electron chi connectivity index (χ2n) is 8.41. The summed E-state index contributed by atoms with van der Waals surface area (Å²) in [6.07, 6.45) is 24.0. The number of rotatable bonds is 19. The molecule has 0 radical (unpaired) electrons. The lowest BCUT2D eigenvalue weighted by molar-refractivity contribution is 0.252. The lowest BCUT2D eigenvalue weighted by Gasteiger charge is -2.08. The summed E-state index contributed by atoms with van der Waals surface area (Å²) in [4.78, 5) is 13.1. The van der Waals surface area contributed by atoms with E-state index in [1.165, 1.54) is 101 Å². The molecule has 2 N–H and O–H groups in total. The van der Waals surface area contributed by atoms with Crippen molar-refractivity contribution >= 4 is 23.5 Å². The van der Waals surface area contributed by atoms with Crippen molar-refractivity contribution in [3.8, 4) is 0 Å². The maximum absolute atomic E-state index is 11.9. The van der Waals surface area contributed by atoms with Crippen molar-refractivity contribution in [3.63, 3.8) is 0 Å². The van der Waals surface area contributed by atoms with Gasteiger partial charge in [-0.25, -0.2) is 4.79 Å². The van der Waals surface area contributed by atoms with E-state index in [0.717, 1.165) is 18.7 Å². The molecule has 0 saturated heterocycles. The molecule has 0 atom stereocenters. The molecule has 172 valence electrons. The predicted molar refractivity (Wildman–Crippen MR) is 135 cm³/mol. The third-order valence-corrected chi connectivity index (χ3v) is 6.41. The fourth-order valence-corrected chi connectivity index (χ4v) is 4.13. The Kier molecular flexibility index (Phi) is 17.7. The first-order chi connectivity index (χ1) is 14.8. The molecule has 0 unspecified atom stereocenters. The standard InChI is InChI=1S/C26H46N2OS/c1-3-4-5-6-7-8-9-10-11-12-13-14-15-16-17-18-23-27-26(29)28-24-19-21-25(30-2)22-20-24/h19-22H,3-18,23H2,1-2H3,(H2,27,28,29). The minimum Gasteiger partial charge on any atom is -0.338 e. The number of amides is 2. The molecule has 30 heavy (non-hydrogen) atoms. The summed E-state index contributed by atoms with van der Waals surface area (Å²) in [5, 5.41) is 5.84. The van der Waals surface area contributed by atoms with Gasteiger partial charge in [0.15, 0.2) is 0 Å². The van der Waals surface area contributed by atoms with Crippen molar-refractivity contribution in [2.75, 3.05) is 18.1 Å². The van der Waals surface area contributed by atoms with Crippen molar-refractivity contribution < 1.29 is 4.79 Å². The molecule has 0 aliphatic heterocycles. The molecule has 1 aromatic rings. The molecule has 0 aliphatic rings. The number of benzene rings is 1. The minimum atomic E-state index is -0.104. The van der Waals surface area contributed by atoms with Gasteiger partial charge in [-0.2, -0.15) is 0 Å². The Morgan fingerprint density at radius 1 is 0.700 bits per heavy atom. The van der Waals surface area contributed by atoms with Gasteiger partial charge in [0, 0.05) is 17.1 Å². The monoisotopic (exact) mass is 434 g/mol. The zero-order valence-corrected chi connectivity index (χ0v) is 20.5. The van der Waals surface area contributed by atoms with Crippen LogP contribution in [0.4, 0.5) is 10.5 Å². The number of thioether (sulfide) groups is 1. The minimum absolute atomic E-state index is 0.104. The van der Waals surface area contributed by atoms with Crippen molar-refractivity contribution in [1.29, 1.82) is 0 Å². The van der Waals surface area contributed by atoms with Crippen molar-refractivity contribution in [2.24, 2.45) is 0 Å². The second-order valence-corrected chi connectivity index (χ2v) is 9.29. The third-order valence-electron chi connectivity index (χ3n) is 5.66. The van der Waals surface area contributed by atoms with Crippen LogP contribution in [0.5, 0.6) is 0 Å². The summed E-state index contributed by atoms with van der Waals surface area (Å²) < 4.78 is 0. The van der Waals surface area contributed by atoms with Crippen LogP contribution in [0, 0.1) is 0 Å². The molecule has 1 aromatic carbocycles. The van der Waals surface area contributed by atoms with Crippen LogP contribution >= 0.6 is 11.8 Å². The molecular formula is C26H46N2OS. The molecular weight excluding hydrogens is 388 g/mol. The van der Waals surface area contributed by atoms with Gasteiger partial charge in [-0.1, -0.05) is 103 Å². The van der Waals surface area contributed by atoms with Crippen LogP contribution < -0.4 is 10.6 Å². The average molecular weight is 435 g/mol. The van der Waals surface area contributed by atoms with Crippen LogP contribution in [-0.4, -0.2) is 18.8 Å². The second kappa shape index (κ2) is 19.8. The highest BCUT2D eigenvalue weighted by molar-refractivity contribution is 7.98. The van der Waals surface area contributed by atoms with Gasteiger partial charge >= 0.3 is 6.03 Å². The van der Waals surface area contributed by atoms with E-state index in [0.29, 0.717) is 0 Å². The molecule has 0 fully saturated rings. The van der Waals surface area contributed by atoms with Gasteiger partial charge in [-0.05, 0) is 36.9 Å². The Balaban J connectivity index is 1.80. The molecule has 0 spiro atoms. The van der Waals surface area contributed by atoms with Crippen LogP contribution in [0.15, 0.2) is 29.2 Å². The summed E-state index contributed by atoms with van der Waals surface area (Å²) in [5.74, 6) is 0. The Labute approximate surface area is 190 Å². The normalized spacial score (nSPS) is 10.9. The maximum Gasteiger partial charge on any atom is 0.319 e. The summed E-state index contributed by atoms with van der Waals surface area (Å²) in [7, 11) is 0. The highest BCUT2D eigenvalue weighted by Gasteiger charge is 2.01. The Morgan fingerprint density at radius 2 is 1.13 bits per heavy atom. The van der Waals surface area contributed by atoms with Crippen LogP contribution in [-0.2, 0) is 0 Å². The van der Waals surface area contributed by atoms with Gasteiger partial charge in [-0.15, -0.1) is 11.8 Å². The lowest BCUT2D eigenvalue weighted by Crippen LogP contribution is -2.29. The van der Waals surface area contributed by atoms with E-state index in [9.17, 15) is 4.79 Å². The quantitative estimate of drug-likeness (QED) is 0.169. The van der Waals surface area contributed by atoms with E-state index in [1.54, 1.807) is 11.8 Å². The van der Waals surface area contributed by atoms with Gasteiger partial charge in [0.25, 0.3) is 0 Å². The largest absolute Gasteiger partial charge is 0.338 e. The van der Waals surface area contributed by atoms with E-state index in [4.69, 9.17) is 0 Å². The summed E-state index contributed by atoms with van der Waals surface area (Å²) in [5.41, 5.74) is 0.845. The average Bonchev–Trinajstić information content (AvgIpc) is 2.76. The number of urea groups is 1. The van der Waals surface area contributed by atoms with Gasteiger partial charge in [0.05, 0.1) is 0 Å². The molecule has 4 heteroatoms. The summed E-state index contributed by atoms with van der Waals surface area (Å²) in [6.45, 7) is 3.04. The van der Waals surface area contributed by atoms with Crippen LogP contribution in [0.25, 0.3) is 0 Å². The number of anilines is 1. The first-order valence-corrected chi connectivity index (χ1v) is 13.7. The fourth-order valence-electron chi connectivity index (χ4n) is 3.72. The number of unbranched alkanes of at least 4 members (excludes halogenated alkanes) is 15. The predicted octanol–water partition coefficient (Wildman–Crippen LogP) is 8.79. The maximum atomic E-state index is 11.9. The highest BCUT2D eigenvalue weighted by atomic mass is 32.2. The zero-order valence-electron chi connectivity index (χ0n) is 19.6. The zero-order chi connectivity index (χ0) is 21.7. The van der Waals surface area contributed by atoms with Crippen LogP contribution in [0.1, 0.15) is 110 Å². The Hall–Kier alpha value is -1.16. The SMILES string of the molecule is CCCCCCCCCCCCCCCCCCNC(=O)Nc1ccc(SC)cc1. The molecule has 2 amide bonds. The van der Waals surface area contributed by atoms with E-state index in [-0.39, 0.29) is 6.03 Å². The van der Waals surface area contributed by atoms with Gasteiger partial charge in [0.1, 0.15) is 0 Å². The molecule has 0 aromatic heterocycles. The number of hydrogen-bond acceptors (Lipinski definition) is 2. The fraction of sp³-hybridized carbons (Fsp3) is 0.731. The highest BCUT2D eigenvalue weighted by Crippen LogP contribution is 2.17. The third kappa shape index (κ3) is 15.6. The smallest absolute Gasteiger partial charge is 0.319 e. The topological polar surface area (TPSA) is 41.1 Å². The number of nitrogens with one attached hydrogen (secondary N) is 2. The molecule has 0 heterocycles. The molecule has 1 rings (SSSR count). The Bertz CT molecular complexity index is 518. The molecule has 0 bridgehead atoms. The van der Waals surface area contributed by atoms with Crippen molar-refractivity contribution in [2.45, 2.75) is 115 Å². The van der Waals surface area contributed by atoms with Crippen LogP contribution in [0.2, 0.25) is 0 Å². The van der Waals surface area contributed by atoms with Gasteiger partial charge in [0.2, 0.25) is 0 Å². The van der Waals surface area contributed by atoms with E-state index >= 15 is 0 Å². The lowest BCUT2D eigenvalue weighted by atomic mass is 10.0. The van der Waals surface area contributed by atoms with E-state index in [2.05, 4.69) is 17.6 Å². The number of hydrogen-bond donors (Lipinski definition) is 2. The summed E-state index contributed by atoms with van der Waals surface area (Å²) in [6, 6.07) is 7.83. The molecule has 3 nitrogen and oxygen atoms in total. The summed E-state index contributed by atoms with van der Waals surface area (Å²) >= 11 is 1.70. The van der Waals surface area contributed by atoms with Crippen molar-refractivity contribution in [3.05, 3.63) is 24.3 Å². The van der Waals surface area contributed by atoms with E-state index in [1.807, 2.05) is 30.5 Å².